The lowest BCUT2D eigenvalue weighted by Crippen LogP contribution is -2.02. The number of fused-ring (bicyclic) bond motifs is 1. The zero-order chi connectivity index (χ0) is 14.7. The molecule has 0 amide bonds. The Kier molecular flexibility index (Phi) is 4.29. The molecular formula is C16H17BrN2O2. The molecule has 0 bridgehead atoms. The lowest BCUT2D eigenvalue weighted by molar-refractivity contribution is 0.296. The SMILES string of the molecule is Cc1ccncc1NCc1cc(Br)c2c(c1)OCCCO2. The standard InChI is InChI=1S/C16H17BrN2O2/c1-11-3-4-18-10-14(11)19-9-12-7-13(17)16-15(8-12)20-5-2-6-21-16/h3-4,7-8,10,19H,2,5-6,9H2,1H3. The van der Waals surface area contributed by atoms with Gasteiger partial charge in [0, 0.05) is 19.2 Å². The number of hydrogen-bond donors (Lipinski definition) is 1. The van der Waals surface area contributed by atoms with Crippen molar-refractivity contribution in [3.05, 3.63) is 46.2 Å². The molecular weight excluding hydrogens is 332 g/mol. The van der Waals surface area contributed by atoms with Gasteiger partial charge in [0.05, 0.1) is 29.6 Å². The van der Waals surface area contributed by atoms with E-state index in [0.29, 0.717) is 19.8 Å². The molecule has 0 unspecified atom stereocenters. The van der Waals surface area contributed by atoms with E-state index in [0.717, 1.165) is 33.6 Å². The fraction of sp³-hybridized carbons (Fsp3) is 0.312. The minimum Gasteiger partial charge on any atom is -0.490 e. The highest BCUT2D eigenvalue weighted by atomic mass is 79.9. The number of pyridine rings is 1. The van der Waals surface area contributed by atoms with Crippen molar-refractivity contribution < 1.29 is 9.47 Å². The number of ether oxygens (including phenoxy) is 2. The van der Waals surface area contributed by atoms with Crippen LogP contribution in [0.2, 0.25) is 0 Å². The average molecular weight is 349 g/mol. The van der Waals surface area contributed by atoms with Crippen molar-refractivity contribution in [2.45, 2.75) is 19.9 Å². The second-order valence-corrected chi connectivity index (χ2v) is 5.85. The predicted molar refractivity (Wildman–Crippen MR) is 86.0 cm³/mol. The number of nitrogens with one attached hydrogen (secondary N) is 1. The number of aromatic nitrogens is 1. The van der Waals surface area contributed by atoms with E-state index in [1.165, 1.54) is 5.56 Å². The molecule has 1 aliphatic rings. The second-order valence-electron chi connectivity index (χ2n) is 5.00. The van der Waals surface area contributed by atoms with E-state index < -0.39 is 0 Å². The molecule has 1 aromatic heterocycles. The van der Waals surface area contributed by atoms with Crippen LogP contribution in [0.4, 0.5) is 5.69 Å². The van der Waals surface area contributed by atoms with Crippen LogP contribution in [0.3, 0.4) is 0 Å². The minimum atomic E-state index is 0.692. The van der Waals surface area contributed by atoms with Gasteiger partial charge in [0.15, 0.2) is 11.5 Å². The first-order valence-corrected chi connectivity index (χ1v) is 7.76. The molecule has 0 atom stereocenters. The largest absolute Gasteiger partial charge is 0.490 e. The summed E-state index contributed by atoms with van der Waals surface area (Å²) in [6.07, 6.45) is 4.54. The maximum Gasteiger partial charge on any atom is 0.175 e. The molecule has 3 rings (SSSR count). The monoisotopic (exact) mass is 348 g/mol. The van der Waals surface area contributed by atoms with Crippen molar-refractivity contribution in [1.82, 2.24) is 4.98 Å². The molecule has 1 aromatic carbocycles. The van der Waals surface area contributed by atoms with E-state index in [2.05, 4.69) is 39.2 Å². The molecule has 0 radical (unpaired) electrons. The molecule has 4 nitrogen and oxygen atoms in total. The Bertz CT molecular complexity index is 646. The molecule has 2 heterocycles. The highest BCUT2D eigenvalue weighted by Gasteiger charge is 2.15. The summed E-state index contributed by atoms with van der Waals surface area (Å²) < 4.78 is 12.4. The van der Waals surface area contributed by atoms with Gasteiger partial charge in [-0.05, 0) is 52.2 Å². The molecule has 0 aliphatic carbocycles. The van der Waals surface area contributed by atoms with E-state index in [1.54, 1.807) is 6.20 Å². The summed E-state index contributed by atoms with van der Waals surface area (Å²) >= 11 is 3.56. The summed E-state index contributed by atoms with van der Waals surface area (Å²) in [7, 11) is 0. The maximum atomic E-state index is 5.75. The van der Waals surface area contributed by atoms with Gasteiger partial charge in [-0.3, -0.25) is 4.98 Å². The van der Waals surface area contributed by atoms with E-state index in [4.69, 9.17) is 9.47 Å². The Morgan fingerprint density at radius 3 is 3.00 bits per heavy atom. The van der Waals surface area contributed by atoms with Crippen LogP contribution in [0.5, 0.6) is 11.5 Å². The van der Waals surface area contributed by atoms with Crippen molar-refractivity contribution in [3.8, 4) is 11.5 Å². The molecule has 1 aliphatic heterocycles. The topological polar surface area (TPSA) is 43.4 Å². The average Bonchev–Trinajstić information content (AvgIpc) is 2.72. The van der Waals surface area contributed by atoms with Gasteiger partial charge in [-0.2, -0.15) is 0 Å². The fourth-order valence-electron chi connectivity index (χ4n) is 2.23. The van der Waals surface area contributed by atoms with Gasteiger partial charge in [0.1, 0.15) is 0 Å². The van der Waals surface area contributed by atoms with Crippen molar-refractivity contribution in [1.29, 1.82) is 0 Å². The third-order valence-electron chi connectivity index (χ3n) is 3.38. The van der Waals surface area contributed by atoms with E-state index >= 15 is 0 Å². The van der Waals surface area contributed by atoms with Crippen LogP contribution in [-0.4, -0.2) is 18.2 Å². The number of aryl methyl sites for hydroxylation is 1. The molecule has 21 heavy (non-hydrogen) atoms. The second kappa shape index (κ2) is 6.35. The number of benzene rings is 1. The summed E-state index contributed by atoms with van der Waals surface area (Å²) in [5.41, 5.74) is 3.36. The molecule has 2 aromatic rings. The van der Waals surface area contributed by atoms with E-state index in [-0.39, 0.29) is 0 Å². The summed E-state index contributed by atoms with van der Waals surface area (Å²) in [5, 5.41) is 3.40. The number of rotatable bonds is 3. The van der Waals surface area contributed by atoms with Crippen LogP contribution in [0.15, 0.2) is 35.1 Å². The molecule has 1 N–H and O–H groups in total. The van der Waals surface area contributed by atoms with Gasteiger partial charge >= 0.3 is 0 Å². The first kappa shape index (κ1) is 14.2. The summed E-state index contributed by atoms with van der Waals surface area (Å²) in [4.78, 5) is 4.14. The zero-order valence-corrected chi connectivity index (χ0v) is 13.4. The van der Waals surface area contributed by atoms with E-state index in [9.17, 15) is 0 Å². The summed E-state index contributed by atoms with van der Waals surface area (Å²) in [5.74, 6) is 1.61. The lowest BCUT2D eigenvalue weighted by Gasteiger charge is -2.13. The highest BCUT2D eigenvalue weighted by Crippen LogP contribution is 2.38. The Morgan fingerprint density at radius 2 is 2.14 bits per heavy atom. The Hall–Kier alpha value is -1.75. The normalized spacial score (nSPS) is 13.6. The number of anilines is 1. The Labute approximate surface area is 132 Å². The van der Waals surface area contributed by atoms with Gasteiger partial charge in [-0.15, -0.1) is 0 Å². The van der Waals surface area contributed by atoms with Crippen LogP contribution >= 0.6 is 15.9 Å². The highest BCUT2D eigenvalue weighted by molar-refractivity contribution is 9.10. The maximum absolute atomic E-state index is 5.75. The van der Waals surface area contributed by atoms with Crippen LogP contribution in [-0.2, 0) is 6.54 Å². The van der Waals surface area contributed by atoms with Gasteiger partial charge in [0.2, 0.25) is 0 Å². The lowest BCUT2D eigenvalue weighted by atomic mass is 10.2. The Balaban J connectivity index is 1.79. The number of nitrogens with zero attached hydrogens (tertiary/aromatic N) is 1. The van der Waals surface area contributed by atoms with Crippen molar-refractivity contribution >= 4 is 21.6 Å². The first-order chi connectivity index (χ1) is 10.2. The minimum absolute atomic E-state index is 0.692. The molecule has 0 saturated carbocycles. The summed E-state index contributed by atoms with van der Waals surface area (Å²) in [6, 6.07) is 6.09. The smallest absolute Gasteiger partial charge is 0.175 e. The first-order valence-electron chi connectivity index (χ1n) is 6.96. The van der Waals surface area contributed by atoms with Crippen molar-refractivity contribution in [2.75, 3.05) is 18.5 Å². The number of hydrogen-bond acceptors (Lipinski definition) is 4. The third-order valence-corrected chi connectivity index (χ3v) is 3.97. The van der Waals surface area contributed by atoms with Gasteiger partial charge in [-0.1, -0.05) is 0 Å². The van der Waals surface area contributed by atoms with Crippen molar-refractivity contribution in [2.24, 2.45) is 0 Å². The summed E-state index contributed by atoms with van der Waals surface area (Å²) in [6.45, 7) is 4.16. The van der Waals surface area contributed by atoms with Crippen LogP contribution in [0.25, 0.3) is 0 Å². The fourth-order valence-corrected chi connectivity index (χ4v) is 2.84. The van der Waals surface area contributed by atoms with Crippen molar-refractivity contribution in [3.63, 3.8) is 0 Å². The van der Waals surface area contributed by atoms with E-state index in [1.807, 2.05) is 18.3 Å². The van der Waals surface area contributed by atoms with Crippen LogP contribution < -0.4 is 14.8 Å². The third kappa shape index (κ3) is 3.29. The van der Waals surface area contributed by atoms with Gasteiger partial charge < -0.3 is 14.8 Å². The molecule has 0 spiro atoms. The molecule has 5 heteroatoms. The van der Waals surface area contributed by atoms with Gasteiger partial charge in [-0.25, -0.2) is 0 Å². The molecule has 0 saturated heterocycles. The Morgan fingerprint density at radius 1 is 1.29 bits per heavy atom. The quantitative estimate of drug-likeness (QED) is 0.912. The van der Waals surface area contributed by atoms with Crippen LogP contribution in [0.1, 0.15) is 17.5 Å². The molecule has 0 fully saturated rings. The van der Waals surface area contributed by atoms with Gasteiger partial charge in [0.25, 0.3) is 0 Å². The zero-order valence-electron chi connectivity index (χ0n) is 11.9. The predicted octanol–water partition coefficient (Wildman–Crippen LogP) is 3.93. The number of halogens is 1. The molecule has 110 valence electrons. The van der Waals surface area contributed by atoms with Crippen LogP contribution in [0, 0.1) is 6.92 Å².